The standard InChI is InChI=1S/C15H24F2N4O3S/c1-25(22,23)18-9-10-2-4-12(5-3-10)19-14-20-13(21-24-14)11-6-7-15(16,17)8-11/h10-12,18H,2-9H2,1H3,(H,19,20,21). The Kier molecular flexibility index (Phi) is 5.29. The lowest BCUT2D eigenvalue weighted by Crippen LogP contribution is -2.33. The summed E-state index contributed by atoms with van der Waals surface area (Å²) in [5.74, 6) is -2.29. The third-order valence-electron chi connectivity index (χ3n) is 5.02. The molecule has 1 unspecified atom stereocenters. The van der Waals surface area contributed by atoms with Crippen molar-refractivity contribution in [2.24, 2.45) is 5.92 Å². The summed E-state index contributed by atoms with van der Waals surface area (Å²) in [6, 6.07) is 0.454. The van der Waals surface area contributed by atoms with Gasteiger partial charge in [0.15, 0.2) is 5.82 Å². The number of halogens is 2. The van der Waals surface area contributed by atoms with E-state index in [0.717, 1.165) is 31.9 Å². The average Bonchev–Trinajstić information content (AvgIpc) is 3.12. The molecule has 10 heteroatoms. The molecule has 2 fully saturated rings. The zero-order valence-electron chi connectivity index (χ0n) is 14.2. The van der Waals surface area contributed by atoms with Crippen LogP contribution in [0.5, 0.6) is 0 Å². The molecule has 0 aliphatic heterocycles. The third kappa shape index (κ3) is 5.34. The summed E-state index contributed by atoms with van der Waals surface area (Å²) < 4.78 is 56.5. The molecule has 0 bridgehead atoms. The van der Waals surface area contributed by atoms with Crippen LogP contribution in [0.25, 0.3) is 0 Å². The van der Waals surface area contributed by atoms with Gasteiger partial charge in [0.25, 0.3) is 0 Å². The van der Waals surface area contributed by atoms with E-state index >= 15 is 0 Å². The molecule has 25 heavy (non-hydrogen) atoms. The fraction of sp³-hybridized carbons (Fsp3) is 0.867. The van der Waals surface area contributed by atoms with Crippen LogP contribution < -0.4 is 10.0 Å². The van der Waals surface area contributed by atoms with Crippen LogP contribution in [-0.2, 0) is 10.0 Å². The first kappa shape index (κ1) is 18.5. The van der Waals surface area contributed by atoms with E-state index in [1.165, 1.54) is 0 Å². The highest BCUT2D eigenvalue weighted by Gasteiger charge is 2.42. The maximum atomic E-state index is 13.3. The van der Waals surface area contributed by atoms with Gasteiger partial charge in [0.05, 0.1) is 6.26 Å². The van der Waals surface area contributed by atoms with Crippen LogP contribution in [0.15, 0.2) is 4.52 Å². The molecule has 1 aromatic rings. The Bertz CT molecular complexity index is 687. The van der Waals surface area contributed by atoms with Crippen LogP contribution in [0.2, 0.25) is 0 Å². The Labute approximate surface area is 146 Å². The van der Waals surface area contributed by atoms with Gasteiger partial charge in [0, 0.05) is 31.3 Å². The quantitative estimate of drug-likeness (QED) is 0.789. The van der Waals surface area contributed by atoms with Gasteiger partial charge >= 0.3 is 6.01 Å². The number of anilines is 1. The normalized spacial score (nSPS) is 29.6. The van der Waals surface area contributed by atoms with Crippen LogP contribution in [0, 0.1) is 5.92 Å². The first-order chi connectivity index (χ1) is 11.7. The second-order valence-corrected chi connectivity index (χ2v) is 9.07. The maximum absolute atomic E-state index is 13.3. The molecule has 0 radical (unpaired) electrons. The number of rotatable bonds is 6. The number of sulfonamides is 1. The lowest BCUT2D eigenvalue weighted by Gasteiger charge is -2.28. The van der Waals surface area contributed by atoms with Gasteiger partial charge in [-0.25, -0.2) is 21.9 Å². The molecule has 0 spiro atoms. The predicted molar refractivity (Wildman–Crippen MR) is 88.1 cm³/mol. The van der Waals surface area contributed by atoms with Crippen molar-refractivity contribution in [2.45, 2.75) is 62.8 Å². The fourth-order valence-electron chi connectivity index (χ4n) is 3.58. The highest BCUT2D eigenvalue weighted by Crippen LogP contribution is 2.43. The summed E-state index contributed by atoms with van der Waals surface area (Å²) >= 11 is 0. The van der Waals surface area contributed by atoms with Gasteiger partial charge in [-0.1, -0.05) is 5.16 Å². The molecule has 1 aromatic heterocycles. The van der Waals surface area contributed by atoms with Crippen LogP contribution in [-0.4, -0.2) is 43.3 Å². The molecule has 3 rings (SSSR count). The summed E-state index contributed by atoms with van der Waals surface area (Å²) in [4.78, 5) is 4.23. The lowest BCUT2D eigenvalue weighted by molar-refractivity contribution is 0.00749. The van der Waals surface area contributed by atoms with E-state index in [9.17, 15) is 17.2 Å². The molecule has 7 nitrogen and oxygen atoms in total. The van der Waals surface area contributed by atoms with Gasteiger partial charge < -0.3 is 9.84 Å². The average molecular weight is 378 g/mol. The van der Waals surface area contributed by atoms with Gasteiger partial charge in [-0.15, -0.1) is 0 Å². The summed E-state index contributed by atoms with van der Waals surface area (Å²) in [6.45, 7) is 0.464. The molecule has 0 aromatic carbocycles. The first-order valence-electron chi connectivity index (χ1n) is 8.63. The Hall–Kier alpha value is -1.29. The van der Waals surface area contributed by atoms with E-state index in [1.54, 1.807) is 0 Å². The molecule has 2 aliphatic rings. The summed E-state index contributed by atoms with van der Waals surface area (Å²) in [6.07, 6.45) is 4.74. The molecule has 2 saturated carbocycles. The Morgan fingerprint density at radius 2 is 1.96 bits per heavy atom. The van der Waals surface area contributed by atoms with E-state index in [1.807, 2.05) is 0 Å². The minimum absolute atomic E-state index is 0.125. The van der Waals surface area contributed by atoms with E-state index in [-0.39, 0.29) is 30.8 Å². The Morgan fingerprint density at radius 3 is 2.56 bits per heavy atom. The second-order valence-electron chi connectivity index (χ2n) is 7.24. The van der Waals surface area contributed by atoms with Crippen molar-refractivity contribution in [1.29, 1.82) is 0 Å². The Balaban J connectivity index is 1.45. The van der Waals surface area contributed by atoms with Gasteiger partial charge in [-0.05, 0) is 38.0 Å². The monoisotopic (exact) mass is 378 g/mol. The predicted octanol–water partition coefficient (Wildman–Crippen LogP) is 2.49. The number of hydrogen-bond acceptors (Lipinski definition) is 6. The fourth-order valence-corrected chi connectivity index (χ4v) is 4.12. The molecule has 1 atom stereocenters. The van der Waals surface area contributed by atoms with E-state index < -0.39 is 15.9 Å². The molecular weight excluding hydrogens is 354 g/mol. The maximum Gasteiger partial charge on any atom is 0.321 e. The van der Waals surface area contributed by atoms with Gasteiger partial charge in [-0.3, -0.25) is 0 Å². The van der Waals surface area contributed by atoms with Gasteiger partial charge in [0.1, 0.15) is 0 Å². The van der Waals surface area contributed by atoms with Crippen LogP contribution in [0.1, 0.15) is 56.7 Å². The van der Waals surface area contributed by atoms with Crippen molar-refractivity contribution >= 4 is 16.0 Å². The Morgan fingerprint density at radius 1 is 1.24 bits per heavy atom. The third-order valence-corrected chi connectivity index (χ3v) is 5.71. The summed E-state index contributed by atoms with van der Waals surface area (Å²) in [7, 11) is -3.15. The van der Waals surface area contributed by atoms with Gasteiger partial charge in [0.2, 0.25) is 15.9 Å². The zero-order chi connectivity index (χ0) is 18.1. The number of aromatic nitrogens is 2. The lowest BCUT2D eigenvalue weighted by atomic mass is 9.86. The van der Waals surface area contributed by atoms with Crippen LogP contribution >= 0.6 is 0 Å². The summed E-state index contributed by atoms with van der Waals surface area (Å²) in [5.41, 5.74) is 0. The highest BCUT2D eigenvalue weighted by atomic mass is 32.2. The highest BCUT2D eigenvalue weighted by molar-refractivity contribution is 7.88. The minimum atomic E-state index is -3.15. The van der Waals surface area contributed by atoms with E-state index in [0.29, 0.717) is 24.7 Å². The summed E-state index contributed by atoms with van der Waals surface area (Å²) in [5, 5.41) is 7.01. The van der Waals surface area contributed by atoms with E-state index in [2.05, 4.69) is 20.2 Å². The molecule has 0 amide bonds. The van der Waals surface area contributed by atoms with E-state index in [4.69, 9.17) is 4.52 Å². The molecule has 142 valence electrons. The van der Waals surface area contributed by atoms with Crippen molar-refractivity contribution in [3.8, 4) is 0 Å². The molecule has 2 N–H and O–H groups in total. The molecule has 0 saturated heterocycles. The largest absolute Gasteiger partial charge is 0.335 e. The van der Waals surface area contributed by atoms with Crippen LogP contribution in [0.3, 0.4) is 0 Å². The second kappa shape index (κ2) is 7.14. The van der Waals surface area contributed by atoms with Gasteiger partial charge in [-0.2, -0.15) is 4.98 Å². The zero-order valence-corrected chi connectivity index (χ0v) is 15.0. The van der Waals surface area contributed by atoms with Crippen molar-refractivity contribution in [3.63, 3.8) is 0 Å². The van der Waals surface area contributed by atoms with Crippen molar-refractivity contribution < 1.29 is 21.7 Å². The topological polar surface area (TPSA) is 97.1 Å². The first-order valence-corrected chi connectivity index (χ1v) is 10.5. The van der Waals surface area contributed by atoms with Crippen LogP contribution in [0.4, 0.5) is 14.8 Å². The SMILES string of the molecule is CS(=O)(=O)NCC1CCC(Nc2nc(C3CCC(F)(F)C3)no2)CC1. The molecule has 1 heterocycles. The number of nitrogens with zero attached hydrogens (tertiary/aromatic N) is 2. The molecule has 2 aliphatic carbocycles. The van der Waals surface area contributed by atoms with Crippen molar-refractivity contribution in [2.75, 3.05) is 18.1 Å². The smallest absolute Gasteiger partial charge is 0.321 e. The van der Waals surface area contributed by atoms with Crippen molar-refractivity contribution in [1.82, 2.24) is 14.9 Å². The van der Waals surface area contributed by atoms with Crippen molar-refractivity contribution in [3.05, 3.63) is 5.82 Å². The molecular formula is C15H24F2N4O3S. The minimum Gasteiger partial charge on any atom is -0.335 e. The number of nitrogens with one attached hydrogen (secondary N) is 2. The number of hydrogen-bond donors (Lipinski definition) is 2. The number of alkyl halides is 2.